The van der Waals surface area contributed by atoms with Gasteiger partial charge in [-0.1, -0.05) is 11.6 Å². The van der Waals surface area contributed by atoms with Crippen LogP contribution < -0.4 is 0 Å². The third kappa shape index (κ3) is 3.96. The van der Waals surface area contributed by atoms with Crippen LogP contribution in [0.4, 0.5) is 4.39 Å². The van der Waals surface area contributed by atoms with Gasteiger partial charge in [0.2, 0.25) is 0 Å². The van der Waals surface area contributed by atoms with Crippen LogP contribution in [-0.2, 0) is 5.60 Å². The maximum atomic E-state index is 13.3. The van der Waals surface area contributed by atoms with Gasteiger partial charge in [0.25, 0.3) is 0 Å². The zero-order valence-electron chi connectivity index (χ0n) is 14.4. The molecular weight excluding hydrogens is 355 g/mol. The molecule has 0 spiro atoms. The van der Waals surface area contributed by atoms with Gasteiger partial charge in [-0.15, -0.1) is 0 Å². The molecule has 0 aliphatic heterocycles. The van der Waals surface area contributed by atoms with Crippen molar-refractivity contribution in [1.82, 2.24) is 9.78 Å². The van der Waals surface area contributed by atoms with Crippen LogP contribution in [0, 0.1) is 5.82 Å². The van der Waals surface area contributed by atoms with E-state index in [1.807, 2.05) is 12.1 Å². The molecule has 4 nitrogen and oxygen atoms in total. The van der Waals surface area contributed by atoms with E-state index in [9.17, 15) is 9.50 Å². The van der Waals surface area contributed by atoms with Crippen LogP contribution in [-0.4, -0.2) is 26.6 Å². The van der Waals surface area contributed by atoms with E-state index < -0.39 is 5.60 Å². The number of nitrogens with zero attached hydrogens (tertiary/aromatic N) is 2. The van der Waals surface area contributed by atoms with Gasteiger partial charge < -0.3 is 10.2 Å². The quantitative estimate of drug-likeness (QED) is 0.675. The smallest absolute Gasteiger partial charge is 0.123 e. The van der Waals surface area contributed by atoms with Gasteiger partial charge in [-0.3, -0.25) is 0 Å². The van der Waals surface area contributed by atoms with Gasteiger partial charge in [0.15, 0.2) is 0 Å². The van der Waals surface area contributed by atoms with Gasteiger partial charge in [0.1, 0.15) is 11.4 Å². The fourth-order valence-electron chi connectivity index (χ4n) is 2.80. The largest absolute Gasteiger partial charge is 0.396 e. The fraction of sp³-hybridized carbons (Fsp3) is 0.250. The summed E-state index contributed by atoms with van der Waals surface area (Å²) in [5.74, 6) is -0.318. The van der Waals surface area contributed by atoms with Gasteiger partial charge in [-0.25, -0.2) is 9.07 Å². The van der Waals surface area contributed by atoms with E-state index in [0.29, 0.717) is 23.6 Å². The molecule has 0 aliphatic carbocycles. The van der Waals surface area contributed by atoms with Gasteiger partial charge in [-0.05, 0) is 74.4 Å². The van der Waals surface area contributed by atoms with Crippen molar-refractivity contribution in [3.8, 4) is 16.9 Å². The number of aromatic nitrogens is 2. The summed E-state index contributed by atoms with van der Waals surface area (Å²) in [5.41, 5.74) is 1.58. The van der Waals surface area contributed by atoms with E-state index >= 15 is 0 Å². The highest BCUT2D eigenvalue weighted by atomic mass is 35.5. The summed E-state index contributed by atoms with van der Waals surface area (Å²) in [5, 5.41) is 25.0. The Bertz CT molecular complexity index is 811. The lowest BCUT2D eigenvalue weighted by Gasteiger charge is -2.20. The van der Waals surface area contributed by atoms with E-state index in [0.717, 1.165) is 16.9 Å². The van der Waals surface area contributed by atoms with Crippen molar-refractivity contribution in [2.45, 2.75) is 25.4 Å². The highest BCUT2D eigenvalue weighted by Gasteiger charge is 2.27. The van der Waals surface area contributed by atoms with Crippen LogP contribution in [0.5, 0.6) is 0 Å². The Hall–Kier alpha value is -2.21. The third-order valence-electron chi connectivity index (χ3n) is 4.29. The molecule has 0 radical (unpaired) electrons. The van der Waals surface area contributed by atoms with Crippen LogP contribution in [0.2, 0.25) is 5.02 Å². The molecule has 26 heavy (non-hydrogen) atoms. The van der Waals surface area contributed by atoms with E-state index in [1.165, 1.54) is 12.1 Å². The van der Waals surface area contributed by atoms with Crippen LogP contribution in [0.3, 0.4) is 0 Å². The highest BCUT2D eigenvalue weighted by Crippen LogP contribution is 2.31. The number of halogens is 2. The Morgan fingerprint density at radius 2 is 1.77 bits per heavy atom. The second kappa shape index (κ2) is 7.58. The Labute approximate surface area is 156 Å². The normalized spacial score (nSPS) is 13.6. The number of hydrogen-bond acceptors (Lipinski definition) is 3. The molecule has 2 aromatic carbocycles. The average molecular weight is 375 g/mol. The first-order chi connectivity index (χ1) is 12.4. The molecule has 1 unspecified atom stereocenters. The molecule has 1 heterocycles. The fourth-order valence-corrected chi connectivity index (χ4v) is 2.93. The molecule has 1 aromatic heterocycles. The van der Waals surface area contributed by atoms with Crippen LogP contribution >= 0.6 is 11.6 Å². The lowest BCUT2D eigenvalue weighted by Crippen LogP contribution is -2.22. The minimum Gasteiger partial charge on any atom is -0.396 e. The standard InChI is InChI=1S/C20H20ClFN2O2/c1-20(26,11-2-12-25)19-13-18(14-3-7-16(22)8-4-14)24(23-19)17-9-5-15(21)6-10-17/h3-10,13,25-26H,2,11-12H2,1H3. The second-order valence-electron chi connectivity index (χ2n) is 6.41. The van der Waals surface area contributed by atoms with E-state index in [-0.39, 0.29) is 12.4 Å². The zero-order valence-corrected chi connectivity index (χ0v) is 15.1. The van der Waals surface area contributed by atoms with Crippen molar-refractivity contribution in [1.29, 1.82) is 0 Å². The number of aliphatic hydroxyl groups excluding tert-OH is 1. The molecule has 3 aromatic rings. The molecule has 0 fully saturated rings. The minimum absolute atomic E-state index is 0.00113. The van der Waals surface area contributed by atoms with Crippen LogP contribution in [0.25, 0.3) is 16.9 Å². The van der Waals surface area contributed by atoms with E-state index in [4.69, 9.17) is 16.7 Å². The van der Waals surface area contributed by atoms with Crippen molar-refractivity contribution in [2.24, 2.45) is 0 Å². The van der Waals surface area contributed by atoms with Crippen LogP contribution in [0.15, 0.2) is 54.6 Å². The summed E-state index contributed by atoms with van der Waals surface area (Å²) in [4.78, 5) is 0. The van der Waals surface area contributed by atoms with E-state index in [2.05, 4.69) is 5.10 Å². The summed E-state index contributed by atoms with van der Waals surface area (Å²) in [6, 6.07) is 15.1. The lowest BCUT2D eigenvalue weighted by atomic mass is 9.96. The van der Waals surface area contributed by atoms with Gasteiger partial charge in [0, 0.05) is 17.2 Å². The summed E-state index contributed by atoms with van der Waals surface area (Å²) < 4.78 is 15.0. The van der Waals surface area contributed by atoms with Crippen LogP contribution in [0.1, 0.15) is 25.5 Å². The molecule has 136 valence electrons. The van der Waals surface area contributed by atoms with Crippen molar-refractivity contribution in [3.63, 3.8) is 0 Å². The summed E-state index contributed by atoms with van der Waals surface area (Å²) in [6.45, 7) is 1.67. The van der Waals surface area contributed by atoms with Crippen molar-refractivity contribution in [3.05, 3.63) is 71.1 Å². The number of benzene rings is 2. The topological polar surface area (TPSA) is 58.3 Å². The maximum absolute atomic E-state index is 13.3. The van der Waals surface area contributed by atoms with Gasteiger partial charge in [-0.2, -0.15) is 5.10 Å². The number of hydrogen-bond donors (Lipinski definition) is 2. The molecule has 0 saturated heterocycles. The van der Waals surface area contributed by atoms with Gasteiger partial charge >= 0.3 is 0 Å². The second-order valence-corrected chi connectivity index (χ2v) is 6.85. The predicted octanol–water partition coefficient (Wildman–Crippen LogP) is 4.31. The molecule has 0 bridgehead atoms. The maximum Gasteiger partial charge on any atom is 0.123 e. The molecule has 0 aliphatic rings. The van der Waals surface area contributed by atoms with Crippen molar-refractivity contribution < 1.29 is 14.6 Å². The monoisotopic (exact) mass is 374 g/mol. The van der Waals surface area contributed by atoms with E-state index in [1.54, 1.807) is 41.9 Å². The molecule has 3 rings (SSSR count). The number of rotatable bonds is 6. The lowest BCUT2D eigenvalue weighted by molar-refractivity contribution is 0.0357. The molecule has 1 atom stereocenters. The van der Waals surface area contributed by atoms with Gasteiger partial charge in [0.05, 0.1) is 17.1 Å². The highest BCUT2D eigenvalue weighted by molar-refractivity contribution is 6.30. The van der Waals surface area contributed by atoms with Crippen molar-refractivity contribution in [2.75, 3.05) is 6.61 Å². The Kier molecular flexibility index (Phi) is 5.41. The van der Waals surface area contributed by atoms with Crippen molar-refractivity contribution >= 4 is 11.6 Å². The summed E-state index contributed by atoms with van der Waals surface area (Å²) >= 11 is 5.97. The zero-order chi connectivity index (χ0) is 18.7. The Morgan fingerprint density at radius 3 is 2.38 bits per heavy atom. The Balaban J connectivity index is 2.11. The average Bonchev–Trinajstić information content (AvgIpc) is 3.07. The first-order valence-electron chi connectivity index (χ1n) is 8.36. The molecular formula is C20H20ClFN2O2. The SMILES string of the molecule is CC(O)(CCCO)c1cc(-c2ccc(F)cc2)n(-c2ccc(Cl)cc2)n1. The molecule has 0 saturated carbocycles. The summed E-state index contributed by atoms with van der Waals surface area (Å²) in [6.07, 6.45) is 0.844. The Morgan fingerprint density at radius 1 is 1.12 bits per heavy atom. The first-order valence-corrected chi connectivity index (χ1v) is 8.74. The number of aliphatic hydroxyl groups is 2. The predicted molar refractivity (Wildman–Crippen MR) is 99.9 cm³/mol. The summed E-state index contributed by atoms with van der Waals surface area (Å²) in [7, 11) is 0. The third-order valence-corrected chi connectivity index (χ3v) is 4.55. The first kappa shape index (κ1) is 18.6. The molecule has 2 N–H and O–H groups in total. The minimum atomic E-state index is -1.19. The molecule has 6 heteroatoms. The molecule has 0 amide bonds.